The Bertz CT molecular complexity index is 410. The molecular formula is C11H11NO3. The smallest absolute Gasteiger partial charge is 0.269 e. The Hall–Kier alpha value is -1.71. The molecule has 1 aromatic rings. The fourth-order valence-electron chi connectivity index (χ4n) is 1.86. The van der Waals surface area contributed by atoms with E-state index in [-0.39, 0.29) is 23.3 Å². The fraction of sp³-hybridized carbons (Fsp3) is 0.364. The van der Waals surface area contributed by atoms with Gasteiger partial charge in [-0.1, -0.05) is 12.1 Å². The number of non-ortho nitro benzene ring substituents is 1. The SMILES string of the molecule is CC(=O)C1CC1c1ccc([N+](=O)[O-])cc1. The average molecular weight is 205 g/mol. The van der Waals surface area contributed by atoms with Crippen molar-refractivity contribution in [2.75, 3.05) is 0 Å². The highest BCUT2D eigenvalue weighted by atomic mass is 16.6. The maximum atomic E-state index is 11.1. The molecular weight excluding hydrogens is 194 g/mol. The maximum absolute atomic E-state index is 11.1. The van der Waals surface area contributed by atoms with Crippen molar-refractivity contribution in [3.63, 3.8) is 0 Å². The molecule has 1 aliphatic carbocycles. The molecule has 4 nitrogen and oxygen atoms in total. The second kappa shape index (κ2) is 3.46. The number of nitro benzene ring substituents is 1. The molecule has 2 unspecified atom stereocenters. The van der Waals surface area contributed by atoms with Gasteiger partial charge in [0.05, 0.1) is 4.92 Å². The number of carbonyl (C=O) groups is 1. The van der Waals surface area contributed by atoms with Crippen LogP contribution < -0.4 is 0 Å². The van der Waals surface area contributed by atoms with Gasteiger partial charge in [-0.2, -0.15) is 0 Å². The monoisotopic (exact) mass is 205 g/mol. The van der Waals surface area contributed by atoms with E-state index in [4.69, 9.17) is 0 Å². The Morgan fingerprint density at radius 3 is 2.40 bits per heavy atom. The Labute approximate surface area is 87.1 Å². The van der Waals surface area contributed by atoms with Crippen LogP contribution in [-0.4, -0.2) is 10.7 Å². The molecule has 2 atom stereocenters. The number of nitrogens with zero attached hydrogens (tertiary/aromatic N) is 1. The Morgan fingerprint density at radius 1 is 1.40 bits per heavy atom. The van der Waals surface area contributed by atoms with Gasteiger partial charge in [-0.15, -0.1) is 0 Å². The number of rotatable bonds is 3. The van der Waals surface area contributed by atoms with Crippen LogP contribution >= 0.6 is 0 Å². The van der Waals surface area contributed by atoms with Gasteiger partial charge in [0.2, 0.25) is 0 Å². The van der Waals surface area contributed by atoms with E-state index in [9.17, 15) is 14.9 Å². The third-order valence-electron chi connectivity index (χ3n) is 2.84. The number of Topliss-reactive ketones (excluding diaryl/α,β-unsaturated/α-hetero) is 1. The number of nitro groups is 1. The summed E-state index contributed by atoms with van der Waals surface area (Å²) < 4.78 is 0. The summed E-state index contributed by atoms with van der Waals surface area (Å²) >= 11 is 0. The van der Waals surface area contributed by atoms with Crippen LogP contribution in [0.25, 0.3) is 0 Å². The minimum atomic E-state index is -0.418. The van der Waals surface area contributed by atoms with Crippen LogP contribution in [0.5, 0.6) is 0 Å². The number of benzene rings is 1. The largest absolute Gasteiger partial charge is 0.300 e. The minimum absolute atomic E-state index is 0.0961. The maximum Gasteiger partial charge on any atom is 0.269 e. The first-order valence-electron chi connectivity index (χ1n) is 4.84. The van der Waals surface area contributed by atoms with E-state index in [1.807, 2.05) is 0 Å². The molecule has 2 rings (SSSR count). The van der Waals surface area contributed by atoms with Gasteiger partial charge in [0.1, 0.15) is 5.78 Å². The van der Waals surface area contributed by atoms with Crippen molar-refractivity contribution in [3.8, 4) is 0 Å². The van der Waals surface area contributed by atoms with Gasteiger partial charge < -0.3 is 0 Å². The molecule has 0 heterocycles. The van der Waals surface area contributed by atoms with Crippen LogP contribution in [0, 0.1) is 16.0 Å². The first-order chi connectivity index (χ1) is 7.09. The molecule has 1 saturated carbocycles. The van der Waals surface area contributed by atoms with Gasteiger partial charge in [-0.05, 0) is 24.8 Å². The van der Waals surface area contributed by atoms with Gasteiger partial charge in [0, 0.05) is 18.1 Å². The summed E-state index contributed by atoms with van der Waals surface area (Å²) in [5, 5.41) is 10.4. The molecule has 4 heteroatoms. The summed E-state index contributed by atoms with van der Waals surface area (Å²) in [6.45, 7) is 1.59. The lowest BCUT2D eigenvalue weighted by atomic mass is 10.1. The number of ketones is 1. The summed E-state index contributed by atoms with van der Waals surface area (Å²) in [5.74, 6) is 0.619. The molecule has 1 aromatic carbocycles. The van der Waals surface area contributed by atoms with E-state index < -0.39 is 4.92 Å². The predicted molar refractivity (Wildman–Crippen MR) is 54.6 cm³/mol. The van der Waals surface area contributed by atoms with E-state index in [1.165, 1.54) is 12.1 Å². The van der Waals surface area contributed by atoms with E-state index in [0.717, 1.165) is 12.0 Å². The lowest BCUT2D eigenvalue weighted by molar-refractivity contribution is -0.384. The molecule has 1 aliphatic rings. The van der Waals surface area contributed by atoms with Crippen molar-refractivity contribution in [1.82, 2.24) is 0 Å². The molecule has 1 fully saturated rings. The molecule has 0 aromatic heterocycles. The lowest BCUT2D eigenvalue weighted by Crippen LogP contribution is -1.95. The van der Waals surface area contributed by atoms with E-state index in [1.54, 1.807) is 19.1 Å². The minimum Gasteiger partial charge on any atom is -0.300 e. The molecule has 0 radical (unpaired) electrons. The second-order valence-electron chi connectivity index (χ2n) is 3.91. The van der Waals surface area contributed by atoms with E-state index in [0.29, 0.717) is 0 Å². The van der Waals surface area contributed by atoms with Crippen LogP contribution in [0.1, 0.15) is 24.8 Å². The lowest BCUT2D eigenvalue weighted by Gasteiger charge is -1.97. The third kappa shape index (κ3) is 1.88. The first-order valence-corrected chi connectivity index (χ1v) is 4.84. The van der Waals surface area contributed by atoms with Crippen molar-refractivity contribution in [2.24, 2.45) is 5.92 Å². The van der Waals surface area contributed by atoms with Crippen LogP contribution in [-0.2, 0) is 4.79 Å². The summed E-state index contributed by atoms with van der Waals surface area (Å²) in [7, 11) is 0. The third-order valence-corrected chi connectivity index (χ3v) is 2.84. The predicted octanol–water partition coefficient (Wildman–Crippen LogP) is 2.29. The normalized spacial score (nSPS) is 23.5. The van der Waals surface area contributed by atoms with Crippen LogP contribution in [0.3, 0.4) is 0 Å². The molecule has 0 saturated heterocycles. The highest BCUT2D eigenvalue weighted by molar-refractivity contribution is 5.82. The molecule has 0 aliphatic heterocycles. The quantitative estimate of drug-likeness (QED) is 0.561. The van der Waals surface area contributed by atoms with Crippen molar-refractivity contribution >= 4 is 11.5 Å². The summed E-state index contributed by atoms with van der Waals surface area (Å²) in [6.07, 6.45) is 0.882. The number of hydrogen-bond acceptors (Lipinski definition) is 3. The fourth-order valence-corrected chi connectivity index (χ4v) is 1.86. The van der Waals surface area contributed by atoms with Gasteiger partial charge in [-0.25, -0.2) is 0 Å². The van der Waals surface area contributed by atoms with Gasteiger partial charge in [-0.3, -0.25) is 14.9 Å². The topological polar surface area (TPSA) is 60.2 Å². The molecule has 0 bridgehead atoms. The Kier molecular flexibility index (Phi) is 2.26. The van der Waals surface area contributed by atoms with E-state index >= 15 is 0 Å². The zero-order valence-electron chi connectivity index (χ0n) is 8.34. The highest BCUT2D eigenvalue weighted by Crippen LogP contribution is 2.48. The molecule has 78 valence electrons. The van der Waals surface area contributed by atoms with Gasteiger partial charge in [0.15, 0.2) is 0 Å². The first kappa shape index (κ1) is 9.83. The van der Waals surface area contributed by atoms with Crippen molar-refractivity contribution in [1.29, 1.82) is 0 Å². The molecule has 0 N–H and O–H groups in total. The zero-order chi connectivity index (χ0) is 11.0. The standard InChI is InChI=1S/C11H11NO3/c1-7(13)10-6-11(10)8-2-4-9(5-3-8)12(14)15/h2-5,10-11H,6H2,1H3. The molecule has 0 amide bonds. The average Bonchev–Trinajstić information content (AvgIpc) is 2.97. The number of carbonyl (C=O) groups excluding carboxylic acids is 1. The van der Waals surface area contributed by atoms with Crippen molar-refractivity contribution < 1.29 is 9.72 Å². The molecule has 15 heavy (non-hydrogen) atoms. The summed E-state index contributed by atoms with van der Waals surface area (Å²) in [5.41, 5.74) is 1.12. The van der Waals surface area contributed by atoms with Crippen LogP contribution in [0.2, 0.25) is 0 Å². The summed E-state index contributed by atoms with van der Waals surface area (Å²) in [4.78, 5) is 21.1. The van der Waals surface area contributed by atoms with Gasteiger partial charge >= 0.3 is 0 Å². The Balaban J connectivity index is 2.12. The van der Waals surface area contributed by atoms with Crippen molar-refractivity contribution in [2.45, 2.75) is 19.3 Å². The molecule has 0 spiro atoms. The van der Waals surface area contributed by atoms with Crippen LogP contribution in [0.4, 0.5) is 5.69 Å². The summed E-state index contributed by atoms with van der Waals surface area (Å²) in [6, 6.07) is 6.47. The van der Waals surface area contributed by atoms with Crippen molar-refractivity contribution in [3.05, 3.63) is 39.9 Å². The Morgan fingerprint density at radius 2 is 2.00 bits per heavy atom. The van der Waals surface area contributed by atoms with Gasteiger partial charge in [0.25, 0.3) is 5.69 Å². The number of hydrogen-bond donors (Lipinski definition) is 0. The second-order valence-corrected chi connectivity index (χ2v) is 3.91. The zero-order valence-corrected chi connectivity index (χ0v) is 8.34. The van der Waals surface area contributed by atoms with E-state index in [2.05, 4.69) is 0 Å². The van der Waals surface area contributed by atoms with Crippen LogP contribution in [0.15, 0.2) is 24.3 Å². The highest BCUT2D eigenvalue weighted by Gasteiger charge is 2.41.